The second kappa shape index (κ2) is 20.3. The van der Waals surface area contributed by atoms with Gasteiger partial charge in [0.2, 0.25) is 0 Å². The number of methoxy groups -OCH3 is 3. The summed E-state index contributed by atoms with van der Waals surface area (Å²) < 4.78 is 85.4. The average Bonchev–Trinajstić information content (AvgIpc) is 3.16. The van der Waals surface area contributed by atoms with E-state index in [1.807, 2.05) is 72.8 Å². The van der Waals surface area contributed by atoms with E-state index in [0.29, 0.717) is 0 Å². The van der Waals surface area contributed by atoms with Crippen molar-refractivity contribution in [2.45, 2.75) is 99.3 Å². The SMILES string of the molecule is CCOS(=O)(=O)CC[C@H]1O[C@H](O[C@H]2[C@H](OC(C)=O)[C@@H](OC(C)=O)[C@H](Sc3ccccc3)O[C@@H]2COCc2ccc3ccccc3c2)[C@H](OC)[C@@H](OC)[C@@H]1OC. The number of benzene rings is 3. The van der Waals surface area contributed by atoms with Gasteiger partial charge in [0.15, 0.2) is 18.5 Å². The first-order chi connectivity index (χ1) is 26.5. The molecule has 2 saturated heterocycles. The third kappa shape index (κ3) is 11.5. The minimum atomic E-state index is -3.87. The van der Waals surface area contributed by atoms with Crippen LogP contribution in [0.5, 0.6) is 0 Å². The topological polar surface area (TPSA) is 161 Å². The van der Waals surface area contributed by atoms with Gasteiger partial charge in [-0.2, -0.15) is 8.42 Å². The van der Waals surface area contributed by atoms with Gasteiger partial charge in [0, 0.05) is 40.1 Å². The minimum absolute atomic E-state index is 0.0175. The summed E-state index contributed by atoms with van der Waals surface area (Å²) in [5.41, 5.74) is 0.0568. The largest absolute Gasteiger partial charge is 0.456 e. The van der Waals surface area contributed by atoms with Gasteiger partial charge in [-0.25, -0.2) is 0 Å². The van der Waals surface area contributed by atoms with Gasteiger partial charge in [0.25, 0.3) is 10.1 Å². The third-order valence-electron chi connectivity index (χ3n) is 9.20. The van der Waals surface area contributed by atoms with Gasteiger partial charge >= 0.3 is 11.9 Å². The number of esters is 2. The Kier molecular flexibility index (Phi) is 15.9. The molecule has 0 spiro atoms. The van der Waals surface area contributed by atoms with Crippen LogP contribution in [0.25, 0.3) is 10.8 Å². The van der Waals surface area contributed by atoms with E-state index in [0.717, 1.165) is 21.2 Å². The van der Waals surface area contributed by atoms with Gasteiger partial charge in [-0.1, -0.05) is 66.4 Å². The molecule has 5 rings (SSSR count). The van der Waals surface area contributed by atoms with E-state index in [4.69, 9.17) is 46.8 Å². The molecule has 16 heteroatoms. The standard InChI is InChI=1S/C39H50O14S2/c1-7-48-55(42,43)20-19-30-32(44-4)34(45-5)36(46-6)38(51-30)53-33-31(23-47-22-26-17-18-27-13-11-12-14-28(27)21-26)52-39(54-29-15-9-8-10-16-29)37(50-25(3)41)35(33)49-24(2)40/h8-18,21,30-39H,7,19-20,22-23H2,1-6H3/t30-,31-,32-,33-,34+,35+,36-,37-,38-,39+/m1/s1. The molecule has 0 radical (unpaired) electrons. The summed E-state index contributed by atoms with van der Waals surface area (Å²) in [6, 6.07) is 23.4. The smallest absolute Gasteiger partial charge is 0.303 e. The molecule has 3 aromatic rings. The van der Waals surface area contributed by atoms with Crippen LogP contribution in [0.15, 0.2) is 77.7 Å². The summed E-state index contributed by atoms with van der Waals surface area (Å²) in [7, 11) is 0.503. The molecule has 2 aliphatic rings. The highest BCUT2D eigenvalue weighted by molar-refractivity contribution is 7.99. The highest BCUT2D eigenvalue weighted by atomic mass is 32.2. The van der Waals surface area contributed by atoms with Crippen molar-refractivity contribution in [3.05, 3.63) is 78.4 Å². The molecule has 10 atom stereocenters. The first kappa shape index (κ1) is 43.0. The molecular weight excluding hydrogens is 757 g/mol. The number of ether oxygens (including phenoxy) is 9. The number of fused-ring (bicyclic) bond motifs is 1. The van der Waals surface area contributed by atoms with Crippen LogP contribution in [-0.4, -0.2) is 121 Å². The summed E-state index contributed by atoms with van der Waals surface area (Å²) in [6.07, 6.45) is -9.07. The molecule has 0 aliphatic carbocycles. The first-order valence-corrected chi connectivity index (χ1v) is 20.5. The fraction of sp³-hybridized carbons (Fsp3) is 0.538. The van der Waals surface area contributed by atoms with Crippen LogP contribution in [0, 0.1) is 0 Å². The molecule has 0 aromatic heterocycles. The Balaban J connectivity index is 1.49. The molecule has 0 saturated carbocycles. The lowest BCUT2D eigenvalue weighted by Crippen LogP contribution is -2.65. The van der Waals surface area contributed by atoms with E-state index in [1.165, 1.54) is 46.9 Å². The Hall–Kier alpha value is -3.16. The molecule has 302 valence electrons. The lowest BCUT2D eigenvalue weighted by Gasteiger charge is -2.49. The molecule has 0 N–H and O–H groups in total. The maximum absolute atomic E-state index is 12.8. The van der Waals surface area contributed by atoms with Crippen molar-refractivity contribution in [1.29, 1.82) is 0 Å². The van der Waals surface area contributed by atoms with Crippen molar-refractivity contribution in [2.24, 2.45) is 0 Å². The van der Waals surface area contributed by atoms with E-state index in [9.17, 15) is 18.0 Å². The van der Waals surface area contributed by atoms with Crippen LogP contribution in [0.1, 0.15) is 32.8 Å². The van der Waals surface area contributed by atoms with Crippen molar-refractivity contribution in [1.82, 2.24) is 0 Å². The zero-order chi connectivity index (χ0) is 39.5. The average molecular weight is 807 g/mol. The lowest BCUT2D eigenvalue weighted by atomic mass is 9.95. The predicted molar refractivity (Wildman–Crippen MR) is 202 cm³/mol. The van der Waals surface area contributed by atoms with E-state index in [-0.39, 0.29) is 32.0 Å². The zero-order valence-electron chi connectivity index (χ0n) is 31.8. The maximum Gasteiger partial charge on any atom is 0.303 e. The Morgan fingerprint density at radius 2 is 1.38 bits per heavy atom. The van der Waals surface area contributed by atoms with Gasteiger partial charge in [-0.3, -0.25) is 13.8 Å². The highest BCUT2D eigenvalue weighted by Gasteiger charge is 2.55. The Morgan fingerprint density at radius 1 is 0.727 bits per heavy atom. The van der Waals surface area contributed by atoms with Crippen molar-refractivity contribution in [2.75, 3.05) is 40.3 Å². The molecule has 14 nitrogen and oxygen atoms in total. The molecule has 0 amide bonds. The van der Waals surface area contributed by atoms with Crippen molar-refractivity contribution < 1.29 is 64.8 Å². The Bertz CT molecular complexity index is 1790. The van der Waals surface area contributed by atoms with Crippen LogP contribution in [0.4, 0.5) is 0 Å². The summed E-state index contributed by atoms with van der Waals surface area (Å²) in [6.45, 7) is 4.25. The number of thioether (sulfide) groups is 1. The number of rotatable bonds is 18. The number of hydrogen-bond acceptors (Lipinski definition) is 15. The van der Waals surface area contributed by atoms with Gasteiger partial charge < -0.3 is 42.6 Å². The summed E-state index contributed by atoms with van der Waals surface area (Å²) in [4.78, 5) is 26.2. The van der Waals surface area contributed by atoms with Crippen molar-refractivity contribution in [3.8, 4) is 0 Å². The summed E-state index contributed by atoms with van der Waals surface area (Å²) in [5.74, 6) is -1.65. The Morgan fingerprint density at radius 3 is 2.04 bits per heavy atom. The minimum Gasteiger partial charge on any atom is -0.456 e. The zero-order valence-corrected chi connectivity index (χ0v) is 33.4. The molecular formula is C39H50O14S2. The summed E-state index contributed by atoms with van der Waals surface area (Å²) >= 11 is 1.29. The lowest BCUT2D eigenvalue weighted by molar-refractivity contribution is -0.343. The quantitative estimate of drug-likeness (QED) is 0.129. The first-order valence-electron chi connectivity index (χ1n) is 18.0. The fourth-order valence-electron chi connectivity index (χ4n) is 6.84. The van der Waals surface area contributed by atoms with E-state index in [1.54, 1.807) is 6.92 Å². The molecule has 2 fully saturated rings. The summed E-state index contributed by atoms with van der Waals surface area (Å²) in [5, 5.41) is 2.15. The monoisotopic (exact) mass is 806 g/mol. The van der Waals surface area contributed by atoms with Crippen LogP contribution in [0.3, 0.4) is 0 Å². The molecule has 2 heterocycles. The predicted octanol–water partition coefficient (Wildman–Crippen LogP) is 4.65. The fourth-order valence-corrected chi connectivity index (χ4v) is 8.97. The van der Waals surface area contributed by atoms with Crippen molar-refractivity contribution >= 4 is 44.6 Å². The third-order valence-corrected chi connectivity index (χ3v) is 11.7. The van der Waals surface area contributed by atoms with Crippen LogP contribution in [0.2, 0.25) is 0 Å². The second-order valence-corrected chi connectivity index (χ2v) is 16.0. The molecule has 2 aliphatic heterocycles. The Labute approximate surface area is 326 Å². The van der Waals surface area contributed by atoms with E-state index in [2.05, 4.69) is 0 Å². The van der Waals surface area contributed by atoms with Crippen LogP contribution >= 0.6 is 11.8 Å². The normalized spacial score (nSPS) is 28.5. The molecule has 0 unspecified atom stereocenters. The van der Waals surface area contributed by atoms with Gasteiger partial charge in [-0.05, 0) is 47.9 Å². The second-order valence-electron chi connectivity index (χ2n) is 13.0. The van der Waals surface area contributed by atoms with Gasteiger partial charge in [-0.15, -0.1) is 0 Å². The number of carbonyl (C=O) groups is 2. The molecule has 55 heavy (non-hydrogen) atoms. The number of carbonyl (C=O) groups excluding carboxylic acids is 2. The van der Waals surface area contributed by atoms with Gasteiger partial charge in [0.05, 0.1) is 31.7 Å². The van der Waals surface area contributed by atoms with E-state index < -0.39 is 82.6 Å². The number of hydrogen-bond donors (Lipinski definition) is 0. The van der Waals surface area contributed by atoms with Crippen molar-refractivity contribution in [3.63, 3.8) is 0 Å². The van der Waals surface area contributed by atoms with Crippen LogP contribution in [-0.2, 0) is 73.1 Å². The van der Waals surface area contributed by atoms with Gasteiger partial charge in [0.1, 0.15) is 36.0 Å². The molecule has 3 aromatic carbocycles. The maximum atomic E-state index is 12.8. The van der Waals surface area contributed by atoms with Crippen LogP contribution < -0.4 is 0 Å². The highest BCUT2D eigenvalue weighted by Crippen LogP contribution is 2.39. The molecule has 0 bridgehead atoms. The van der Waals surface area contributed by atoms with E-state index >= 15 is 0 Å².